The van der Waals surface area contributed by atoms with Gasteiger partial charge >= 0.3 is 0 Å². The van der Waals surface area contributed by atoms with E-state index in [9.17, 15) is 19.7 Å². The number of carbonyl (C=O) groups excluding carboxylic acids is 1. The number of carbonyl (C=O) groups is 1. The van der Waals surface area contributed by atoms with Crippen LogP contribution in [0.5, 0.6) is 0 Å². The molecule has 8 heteroatoms. The van der Waals surface area contributed by atoms with E-state index in [2.05, 4.69) is 0 Å². The van der Waals surface area contributed by atoms with Crippen molar-refractivity contribution in [2.45, 2.75) is 39.8 Å². The summed E-state index contributed by atoms with van der Waals surface area (Å²) in [5.74, 6) is 0.318. The van der Waals surface area contributed by atoms with E-state index in [-0.39, 0.29) is 17.2 Å². The zero-order valence-electron chi connectivity index (χ0n) is 18.4. The van der Waals surface area contributed by atoms with Gasteiger partial charge < -0.3 is 4.90 Å². The summed E-state index contributed by atoms with van der Waals surface area (Å²) in [6, 6.07) is 12.8. The Morgan fingerprint density at radius 1 is 1.19 bits per heavy atom. The van der Waals surface area contributed by atoms with Crippen LogP contribution in [0.4, 0.5) is 5.69 Å². The second-order valence-corrected chi connectivity index (χ2v) is 7.43. The molecule has 0 aliphatic carbocycles. The summed E-state index contributed by atoms with van der Waals surface area (Å²) >= 11 is 0. The lowest BCUT2D eigenvalue weighted by molar-refractivity contribution is -0.384. The average molecular weight is 434 g/mol. The van der Waals surface area contributed by atoms with Crippen molar-refractivity contribution in [3.05, 3.63) is 86.5 Å². The van der Waals surface area contributed by atoms with Crippen LogP contribution < -0.4 is 5.56 Å². The fraction of sp³-hybridized carbons (Fsp3) is 0.292. The molecule has 1 unspecified atom stereocenters. The van der Waals surface area contributed by atoms with E-state index in [4.69, 9.17) is 4.98 Å². The van der Waals surface area contributed by atoms with E-state index in [1.807, 2.05) is 32.9 Å². The first kappa shape index (κ1) is 22.9. The molecule has 0 aliphatic rings. The number of nitro groups is 1. The van der Waals surface area contributed by atoms with Crippen LogP contribution in [0.15, 0.2) is 59.4 Å². The number of benzene rings is 2. The van der Waals surface area contributed by atoms with E-state index in [0.717, 1.165) is 6.42 Å². The maximum Gasteiger partial charge on any atom is 0.269 e. The lowest BCUT2D eigenvalue weighted by Crippen LogP contribution is -2.37. The molecule has 1 heterocycles. The first-order valence-electron chi connectivity index (χ1n) is 10.6. The van der Waals surface area contributed by atoms with Crippen LogP contribution in [0.1, 0.15) is 44.6 Å². The van der Waals surface area contributed by atoms with Gasteiger partial charge in [0.05, 0.1) is 21.9 Å². The minimum Gasteiger partial charge on any atom is -0.330 e. The molecule has 8 nitrogen and oxygen atoms in total. The quantitative estimate of drug-likeness (QED) is 0.298. The Morgan fingerprint density at radius 2 is 1.88 bits per heavy atom. The number of hydrogen-bond donors (Lipinski definition) is 0. The van der Waals surface area contributed by atoms with Gasteiger partial charge in [0.1, 0.15) is 5.82 Å². The molecule has 0 saturated carbocycles. The predicted octanol–water partition coefficient (Wildman–Crippen LogP) is 4.34. The fourth-order valence-corrected chi connectivity index (χ4v) is 3.67. The number of nitrogens with zero attached hydrogens (tertiary/aromatic N) is 4. The Balaban J connectivity index is 1.92. The number of para-hydroxylation sites is 1. The molecule has 0 spiro atoms. The summed E-state index contributed by atoms with van der Waals surface area (Å²) < 4.78 is 1.66. The molecular weight excluding hydrogens is 408 g/mol. The summed E-state index contributed by atoms with van der Waals surface area (Å²) in [7, 11) is 0. The van der Waals surface area contributed by atoms with E-state index in [1.54, 1.807) is 39.8 Å². The van der Waals surface area contributed by atoms with Crippen molar-refractivity contribution in [2.75, 3.05) is 6.54 Å². The molecular formula is C24H26N4O4. The zero-order valence-corrected chi connectivity index (χ0v) is 18.4. The van der Waals surface area contributed by atoms with Gasteiger partial charge in [0.2, 0.25) is 5.91 Å². The third-order valence-corrected chi connectivity index (χ3v) is 5.33. The SMILES string of the molecule is CCCn1c(C(C)N(CC)C(=O)/C=C/c2ccc([N+](=O)[O-])cc2)nc2ccccc2c1=O. The van der Waals surface area contributed by atoms with Gasteiger partial charge in [-0.1, -0.05) is 19.1 Å². The normalized spacial score (nSPS) is 12.2. The number of nitro benzene ring substituents is 1. The minimum absolute atomic E-state index is 0.00597. The molecule has 166 valence electrons. The molecule has 3 aromatic rings. The van der Waals surface area contributed by atoms with Crippen molar-refractivity contribution in [3.63, 3.8) is 0 Å². The van der Waals surface area contributed by atoms with Crippen molar-refractivity contribution >= 4 is 28.6 Å². The van der Waals surface area contributed by atoms with Gasteiger partial charge in [0.25, 0.3) is 11.2 Å². The average Bonchev–Trinajstić information content (AvgIpc) is 2.80. The topological polar surface area (TPSA) is 98.3 Å². The maximum absolute atomic E-state index is 13.1. The second kappa shape index (κ2) is 10.00. The van der Waals surface area contributed by atoms with Crippen LogP contribution in [0.2, 0.25) is 0 Å². The van der Waals surface area contributed by atoms with Gasteiger partial charge in [0, 0.05) is 31.3 Å². The predicted molar refractivity (Wildman–Crippen MR) is 124 cm³/mol. The summed E-state index contributed by atoms with van der Waals surface area (Å²) in [6.07, 6.45) is 3.82. The lowest BCUT2D eigenvalue weighted by atomic mass is 10.1. The Hall–Kier alpha value is -3.81. The molecule has 1 aromatic heterocycles. The second-order valence-electron chi connectivity index (χ2n) is 7.43. The molecule has 0 fully saturated rings. The third kappa shape index (κ3) is 4.74. The molecule has 0 aliphatic heterocycles. The molecule has 2 aromatic carbocycles. The number of aromatic nitrogens is 2. The van der Waals surface area contributed by atoms with Crippen molar-refractivity contribution < 1.29 is 9.72 Å². The smallest absolute Gasteiger partial charge is 0.269 e. The van der Waals surface area contributed by atoms with Crippen molar-refractivity contribution in [3.8, 4) is 0 Å². The van der Waals surface area contributed by atoms with Crippen molar-refractivity contribution in [1.82, 2.24) is 14.5 Å². The molecule has 3 rings (SSSR count). The van der Waals surface area contributed by atoms with Crippen LogP contribution in [0.25, 0.3) is 17.0 Å². The largest absolute Gasteiger partial charge is 0.330 e. The van der Waals surface area contributed by atoms with Crippen LogP contribution >= 0.6 is 0 Å². The highest BCUT2D eigenvalue weighted by Crippen LogP contribution is 2.21. The van der Waals surface area contributed by atoms with Crippen molar-refractivity contribution in [1.29, 1.82) is 0 Å². The monoisotopic (exact) mass is 434 g/mol. The highest BCUT2D eigenvalue weighted by Gasteiger charge is 2.23. The van der Waals surface area contributed by atoms with Gasteiger partial charge in [-0.15, -0.1) is 0 Å². The number of hydrogen-bond acceptors (Lipinski definition) is 5. The highest BCUT2D eigenvalue weighted by atomic mass is 16.6. The molecule has 32 heavy (non-hydrogen) atoms. The number of non-ortho nitro benzene ring substituents is 1. The van der Waals surface area contributed by atoms with Crippen LogP contribution in [0, 0.1) is 10.1 Å². The molecule has 1 amide bonds. The summed E-state index contributed by atoms with van der Waals surface area (Å²) in [4.78, 5) is 42.7. The van der Waals surface area contributed by atoms with Gasteiger partial charge in [-0.3, -0.25) is 24.3 Å². The minimum atomic E-state index is -0.467. The van der Waals surface area contributed by atoms with Crippen LogP contribution in [-0.4, -0.2) is 31.8 Å². The van der Waals surface area contributed by atoms with E-state index in [0.29, 0.717) is 35.4 Å². The Morgan fingerprint density at radius 3 is 2.50 bits per heavy atom. The molecule has 0 saturated heterocycles. The van der Waals surface area contributed by atoms with E-state index >= 15 is 0 Å². The number of amides is 1. The Bertz CT molecular complexity index is 1210. The fourth-order valence-electron chi connectivity index (χ4n) is 3.67. The van der Waals surface area contributed by atoms with Crippen LogP contribution in [-0.2, 0) is 11.3 Å². The standard InChI is InChI=1S/C24H26N4O4/c1-4-16-27-23(25-21-9-7-6-8-20(21)24(27)30)17(3)26(5-2)22(29)15-12-18-10-13-19(14-11-18)28(31)32/h6-15,17H,4-5,16H2,1-3H3/b15-12+. The van der Waals surface area contributed by atoms with Gasteiger partial charge in [0.15, 0.2) is 0 Å². The number of likely N-dealkylation sites (N-methyl/N-ethyl adjacent to an activating group) is 1. The first-order chi connectivity index (χ1) is 15.4. The van der Waals surface area contributed by atoms with E-state index in [1.165, 1.54) is 18.2 Å². The Kier molecular flexibility index (Phi) is 7.14. The Labute approximate surface area is 186 Å². The third-order valence-electron chi connectivity index (χ3n) is 5.33. The molecule has 0 N–H and O–H groups in total. The van der Waals surface area contributed by atoms with Gasteiger partial charge in [-0.05, 0) is 56.2 Å². The zero-order chi connectivity index (χ0) is 23.3. The number of fused-ring (bicyclic) bond motifs is 1. The molecule has 1 atom stereocenters. The number of rotatable bonds is 8. The summed E-state index contributed by atoms with van der Waals surface area (Å²) in [5.41, 5.74) is 1.17. The van der Waals surface area contributed by atoms with Gasteiger partial charge in [-0.2, -0.15) is 0 Å². The highest BCUT2D eigenvalue weighted by molar-refractivity contribution is 5.92. The summed E-state index contributed by atoms with van der Waals surface area (Å²) in [5, 5.41) is 11.4. The lowest BCUT2D eigenvalue weighted by Gasteiger charge is -2.28. The van der Waals surface area contributed by atoms with Gasteiger partial charge in [-0.25, -0.2) is 4.98 Å². The first-order valence-corrected chi connectivity index (χ1v) is 10.6. The molecule has 0 radical (unpaired) electrons. The maximum atomic E-state index is 13.1. The summed E-state index contributed by atoms with van der Waals surface area (Å²) in [6.45, 7) is 6.67. The van der Waals surface area contributed by atoms with Crippen LogP contribution in [0.3, 0.4) is 0 Å². The van der Waals surface area contributed by atoms with Crippen molar-refractivity contribution in [2.24, 2.45) is 0 Å². The molecule has 0 bridgehead atoms. The van der Waals surface area contributed by atoms with E-state index < -0.39 is 11.0 Å².